The molecule has 1 N–H and O–H groups in total. The first-order valence-corrected chi connectivity index (χ1v) is 5.62. The van der Waals surface area contributed by atoms with Crippen molar-refractivity contribution in [2.45, 2.75) is 13.0 Å². The van der Waals surface area contributed by atoms with Crippen molar-refractivity contribution in [1.29, 1.82) is 0 Å². The van der Waals surface area contributed by atoms with Gasteiger partial charge >= 0.3 is 0 Å². The first kappa shape index (κ1) is 10.3. The summed E-state index contributed by atoms with van der Waals surface area (Å²) in [5.41, 5.74) is 1.09. The van der Waals surface area contributed by atoms with Crippen molar-refractivity contribution in [3.63, 3.8) is 0 Å². The summed E-state index contributed by atoms with van der Waals surface area (Å²) in [7, 11) is 0. The van der Waals surface area contributed by atoms with Crippen molar-refractivity contribution >= 4 is 21.6 Å². The molecular weight excluding hydrogens is 254 g/mol. The van der Waals surface area contributed by atoms with E-state index in [1.807, 2.05) is 42.5 Å². The molecule has 0 aliphatic rings. The summed E-state index contributed by atoms with van der Waals surface area (Å²) >= 11 is 3.29. The smallest absolute Gasteiger partial charge is 0.169 e. The minimum Gasteiger partial charge on any atom is -0.452 e. The molecule has 0 fully saturated rings. The molecule has 0 saturated carbocycles. The summed E-state index contributed by atoms with van der Waals surface area (Å²) < 4.78 is 6.23. The van der Waals surface area contributed by atoms with Crippen molar-refractivity contribution < 1.29 is 4.42 Å². The van der Waals surface area contributed by atoms with Crippen molar-refractivity contribution in [3.8, 4) is 0 Å². The van der Waals surface area contributed by atoms with E-state index in [1.165, 1.54) is 0 Å². The highest BCUT2D eigenvalue weighted by molar-refractivity contribution is 9.10. The number of rotatable bonds is 3. The van der Waals surface area contributed by atoms with E-state index < -0.39 is 0 Å². The largest absolute Gasteiger partial charge is 0.452 e. The van der Waals surface area contributed by atoms with Crippen LogP contribution in [0.5, 0.6) is 0 Å². The van der Waals surface area contributed by atoms with Crippen molar-refractivity contribution in [2.75, 3.05) is 5.32 Å². The molecule has 1 aromatic heterocycles. The normalized spacial score (nSPS) is 12.4. The third-order valence-corrected chi connectivity index (χ3v) is 2.60. The second-order valence-electron chi connectivity index (χ2n) is 3.37. The summed E-state index contributed by atoms with van der Waals surface area (Å²) in [5.74, 6) is 0.922. The van der Waals surface area contributed by atoms with Crippen LogP contribution in [-0.2, 0) is 0 Å². The van der Waals surface area contributed by atoms with Crippen LogP contribution in [0.25, 0.3) is 0 Å². The molecular formula is C12H12BrNO. The Kier molecular flexibility index (Phi) is 3.11. The fraction of sp³-hybridized carbons (Fsp3) is 0.167. The molecule has 0 saturated heterocycles. The number of benzene rings is 1. The molecule has 1 aromatic carbocycles. The van der Waals surface area contributed by atoms with Gasteiger partial charge in [-0.2, -0.15) is 0 Å². The molecule has 0 aliphatic carbocycles. The predicted octanol–water partition coefficient (Wildman–Crippen LogP) is 4.22. The van der Waals surface area contributed by atoms with Gasteiger partial charge in [-0.25, -0.2) is 0 Å². The number of hydrogen-bond donors (Lipinski definition) is 1. The highest BCUT2D eigenvalue weighted by Gasteiger charge is 2.08. The quantitative estimate of drug-likeness (QED) is 0.899. The summed E-state index contributed by atoms with van der Waals surface area (Å²) in [4.78, 5) is 0. The summed E-state index contributed by atoms with van der Waals surface area (Å²) in [6, 6.07) is 14.1. The highest BCUT2D eigenvalue weighted by atomic mass is 79.9. The fourth-order valence-electron chi connectivity index (χ4n) is 1.42. The zero-order chi connectivity index (χ0) is 10.7. The molecule has 0 amide bonds. The molecule has 1 heterocycles. The molecule has 15 heavy (non-hydrogen) atoms. The van der Waals surface area contributed by atoms with Crippen LogP contribution in [0.2, 0.25) is 0 Å². The Labute approximate surface area is 97.4 Å². The monoisotopic (exact) mass is 265 g/mol. The van der Waals surface area contributed by atoms with Crippen LogP contribution in [0.15, 0.2) is 51.6 Å². The first-order valence-electron chi connectivity index (χ1n) is 4.82. The Morgan fingerprint density at radius 2 is 1.87 bits per heavy atom. The molecule has 3 heteroatoms. The summed E-state index contributed by atoms with van der Waals surface area (Å²) in [5, 5.41) is 3.36. The van der Waals surface area contributed by atoms with E-state index in [-0.39, 0.29) is 6.04 Å². The molecule has 0 bridgehead atoms. The highest BCUT2D eigenvalue weighted by Crippen LogP contribution is 2.23. The van der Waals surface area contributed by atoms with Gasteiger partial charge in [0.05, 0.1) is 6.04 Å². The van der Waals surface area contributed by atoms with Gasteiger partial charge in [0.1, 0.15) is 5.76 Å². The van der Waals surface area contributed by atoms with Crippen LogP contribution < -0.4 is 5.32 Å². The maximum absolute atomic E-state index is 5.47. The zero-order valence-electron chi connectivity index (χ0n) is 8.41. The summed E-state index contributed by atoms with van der Waals surface area (Å²) in [6.07, 6.45) is 0. The first-order chi connectivity index (χ1) is 7.25. The Balaban J connectivity index is 2.07. The lowest BCUT2D eigenvalue weighted by molar-refractivity contribution is 0.471. The maximum atomic E-state index is 5.47. The van der Waals surface area contributed by atoms with E-state index in [4.69, 9.17) is 4.42 Å². The van der Waals surface area contributed by atoms with E-state index >= 15 is 0 Å². The average molecular weight is 266 g/mol. The lowest BCUT2D eigenvalue weighted by Crippen LogP contribution is -2.04. The Morgan fingerprint density at radius 1 is 1.13 bits per heavy atom. The fourth-order valence-corrected chi connectivity index (χ4v) is 1.74. The van der Waals surface area contributed by atoms with E-state index in [1.54, 1.807) is 0 Å². The molecule has 1 unspecified atom stereocenters. The van der Waals surface area contributed by atoms with Gasteiger partial charge in [0.15, 0.2) is 4.67 Å². The lowest BCUT2D eigenvalue weighted by atomic mass is 10.2. The Hall–Kier alpha value is -1.22. The minimum atomic E-state index is 0.165. The number of halogens is 1. The van der Waals surface area contributed by atoms with Gasteiger partial charge in [0.2, 0.25) is 0 Å². The maximum Gasteiger partial charge on any atom is 0.169 e. The molecule has 2 aromatic rings. The van der Waals surface area contributed by atoms with Gasteiger partial charge in [-0.15, -0.1) is 0 Å². The third kappa shape index (κ3) is 2.63. The van der Waals surface area contributed by atoms with Crippen LogP contribution in [0.1, 0.15) is 18.7 Å². The van der Waals surface area contributed by atoms with Gasteiger partial charge < -0.3 is 9.73 Å². The molecule has 0 aliphatic heterocycles. The minimum absolute atomic E-state index is 0.165. The number of anilines is 1. The van der Waals surface area contributed by atoms with Crippen LogP contribution in [0, 0.1) is 0 Å². The average Bonchev–Trinajstić information content (AvgIpc) is 2.66. The van der Waals surface area contributed by atoms with Crippen molar-refractivity contribution in [3.05, 3.63) is 52.9 Å². The van der Waals surface area contributed by atoms with E-state index in [0.717, 1.165) is 16.1 Å². The van der Waals surface area contributed by atoms with Crippen LogP contribution in [0.3, 0.4) is 0 Å². The van der Waals surface area contributed by atoms with Gasteiger partial charge in [-0.1, -0.05) is 18.2 Å². The van der Waals surface area contributed by atoms with Crippen LogP contribution >= 0.6 is 15.9 Å². The molecule has 1 atom stereocenters. The topological polar surface area (TPSA) is 25.2 Å². The van der Waals surface area contributed by atoms with Gasteiger partial charge in [0.25, 0.3) is 0 Å². The van der Waals surface area contributed by atoms with Gasteiger partial charge in [0, 0.05) is 5.69 Å². The van der Waals surface area contributed by atoms with Gasteiger partial charge in [-0.3, -0.25) is 0 Å². The van der Waals surface area contributed by atoms with Crippen LogP contribution in [0.4, 0.5) is 5.69 Å². The van der Waals surface area contributed by atoms with E-state index in [9.17, 15) is 0 Å². The van der Waals surface area contributed by atoms with Gasteiger partial charge in [-0.05, 0) is 47.1 Å². The lowest BCUT2D eigenvalue weighted by Gasteiger charge is -2.12. The number of furan rings is 1. The van der Waals surface area contributed by atoms with E-state index in [2.05, 4.69) is 28.2 Å². The Bertz CT molecular complexity index is 424. The molecule has 78 valence electrons. The van der Waals surface area contributed by atoms with Crippen LogP contribution in [-0.4, -0.2) is 0 Å². The number of hydrogen-bond acceptors (Lipinski definition) is 2. The van der Waals surface area contributed by atoms with Crippen molar-refractivity contribution in [1.82, 2.24) is 0 Å². The Morgan fingerprint density at radius 3 is 2.47 bits per heavy atom. The second-order valence-corrected chi connectivity index (χ2v) is 4.16. The molecule has 2 rings (SSSR count). The van der Waals surface area contributed by atoms with E-state index in [0.29, 0.717) is 0 Å². The molecule has 0 spiro atoms. The number of para-hydroxylation sites is 1. The predicted molar refractivity (Wildman–Crippen MR) is 64.9 cm³/mol. The molecule has 2 nitrogen and oxygen atoms in total. The zero-order valence-corrected chi connectivity index (χ0v) is 9.99. The summed E-state index contributed by atoms with van der Waals surface area (Å²) in [6.45, 7) is 2.07. The standard InChI is InChI=1S/C12H12BrNO/c1-9(11-7-8-12(13)15-11)14-10-5-3-2-4-6-10/h2-9,14H,1H3. The second kappa shape index (κ2) is 4.53. The molecule has 0 radical (unpaired) electrons. The third-order valence-electron chi connectivity index (χ3n) is 2.18. The number of nitrogens with one attached hydrogen (secondary N) is 1. The SMILES string of the molecule is CC(Nc1ccccc1)c1ccc(Br)o1. The van der Waals surface area contributed by atoms with Crippen molar-refractivity contribution in [2.24, 2.45) is 0 Å².